The van der Waals surface area contributed by atoms with Crippen molar-refractivity contribution in [3.05, 3.63) is 12.2 Å². The van der Waals surface area contributed by atoms with Crippen LogP contribution >= 0.6 is 0 Å². The summed E-state index contributed by atoms with van der Waals surface area (Å²) >= 11 is 0. The topological polar surface area (TPSA) is 12.0 Å². The molecule has 78 valence electrons. The van der Waals surface area contributed by atoms with Gasteiger partial charge in [-0.2, -0.15) is 0 Å². The molecule has 13 heavy (non-hydrogen) atoms. The monoisotopic (exact) mass is 183 g/mol. The van der Waals surface area contributed by atoms with E-state index in [0.717, 1.165) is 13.1 Å². The third kappa shape index (κ3) is 6.83. The fourth-order valence-corrected chi connectivity index (χ4v) is 1.14. The Morgan fingerprint density at radius 2 is 1.85 bits per heavy atom. The van der Waals surface area contributed by atoms with Crippen LogP contribution in [-0.4, -0.2) is 13.1 Å². The van der Waals surface area contributed by atoms with Crippen molar-refractivity contribution in [2.24, 2.45) is 5.41 Å². The van der Waals surface area contributed by atoms with Gasteiger partial charge in [0.2, 0.25) is 0 Å². The summed E-state index contributed by atoms with van der Waals surface area (Å²) in [4.78, 5) is 0. The van der Waals surface area contributed by atoms with Crippen molar-refractivity contribution in [2.75, 3.05) is 13.1 Å². The fraction of sp³-hybridized carbons (Fsp3) is 0.833. The van der Waals surface area contributed by atoms with Gasteiger partial charge in [0.25, 0.3) is 0 Å². The lowest BCUT2D eigenvalue weighted by Gasteiger charge is -2.21. The van der Waals surface area contributed by atoms with Gasteiger partial charge in [0, 0.05) is 0 Å². The molecule has 0 heterocycles. The minimum atomic E-state index is 0.290. The van der Waals surface area contributed by atoms with Gasteiger partial charge >= 0.3 is 0 Å². The van der Waals surface area contributed by atoms with E-state index in [1.54, 1.807) is 0 Å². The van der Waals surface area contributed by atoms with Gasteiger partial charge in [0.05, 0.1) is 0 Å². The van der Waals surface area contributed by atoms with Gasteiger partial charge in [-0.05, 0) is 37.8 Å². The maximum absolute atomic E-state index is 4.12. The van der Waals surface area contributed by atoms with Gasteiger partial charge in [0.15, 0.2) is 0 Å². The van der Waals surface area contributed by atoms with Crippen LogP contribution in [0.15, 0.2) is 12.2 Å². The van der Waals surface area contributed by atoms with Gasteiger partial charge in [-0.1, -0.05) is 39.8 Å². The van der Waals surface area contributed by atoms with E-state index in [2.05, 4.69) is 39.6 Å². The van der Waals surface area contributed by atoms with Crippen molar-refractivity contribution in [1.82, 2.24) is 5.32 Å². The molecule has 0 rings (SSSR count). The molecule has 0 aliphatic rings. The lowest BCUT2D eigenvalue weighted by Crippen LogP contribution is -2.14. The number of hydrogen-bond acceptors (Lipinski definition) is 1. The second-order valence-electron chi connectivity index (χ2n) is 4.66. The standard InChI is InChI=1S/C12H25N/c1-6-13-10-8-7-9-11(2)12(3,4)5/h13H,2,6-10H2,1,3-5H3. The van der Waals surface area contributed by atoms with E-state index in [1.165, 1.54) is 24.8 Å². The first-order valence-electron chi connectivity index (χ1n) is 5.37. The Hall–Kier alpha value is -0.300. The van der Waals surface area contributed by atoms with Crippen molar-refractivity contribution in [2.45, 2.75) is 47.0 Å². The lowest BCUT2D eigenvalue weighted by atomic mass is 9.85. The van der Waals surface area contributed by atoms with Gasteiger partial charge in [0.1, 0.15) is 0 Å². The Balaban J connectivity index is 3.38. The van der Waals surface area contributed by atoms with Crippen LogP contribution in [0.3, 0.4) is 0 Å². The molecule has 1 heteroatoms. The molecular weight excluding hydrogens is 158 g/mol. The maximum atomic E-state index is 4.12. The number of nitrogens with one attached hydrogen (secondary N) is 1. The van der Waals surface area contributed by atoms with Gasteiger partial charge < -0.3 is 5.32 Å². The van der Waals surface area contributed by atoms with Gasteiger partial charge in [-0.3, -0.25) is 0 Å². The Bertz CT molecular complexity index is 142. The third-order valence-electron chi connectivity index (χ3n) is 2.39. The van der Waals surface area contributed by atoms with Gasteiger partial charge in [-0.15, -0.1) is 0 Å². The predicted octanol–water partition coefficient (Wildman–Crippen LogP) is 3.37. The van der Waals surface area contributed by atoms with E-state index in [9.17, 15) is 0 Å². The molecule has 0 aromatic heterocycles. The van der Waals surface area contributed by atoms with Crippen LogP contribution in [0.5, 0.6) is 0 Å². The molecule has 0 spiro atoms. The molecule has 0 bridgehead atoms. The van der Waals surface area contributed by atoms with Crippen LogP contribution in [0.1, 0.15) is 47.0 Å². The summed E-state index contributed by atoms with van der Waals surface area (Å²) in [5.41, 5.74) is 1.67. The predicted molar refractivity (Wildman–Crippen MR) is 61.0 cm³/mol. The molecule has 0 amide bonds. The second kappa shape index (κ2) is 6.20. The van der Waals surface area contributed by atoms with E-state index < -0.39 is 0 Å². The molecule has 1 nitrogen and oxygen atoms in total. The highest BCUT2D eigenvalue weighted by atomic mass is 14.8. The average Bonchev–Trinajstić information content (AvgIpc) is 2.02. The zero-order chi connectivity index (χ0) is 10.3. The molecule has 0 aliphatic carbocycles. The highest BCUT2D eigenvalue weighted by Crippen LogP contribution is 2.27. The molecule has 0 unspecified atom stereocenters. The number of hydrogen-bond donors (Lipinski definition) is 1. The average molecular weight is 183 g/mol. The smallest absolute Gasteiger partial charge is 0.00489 e. The van der Waals surface area contributed by atoms with Crippen LogP contribution in [0, 0.1) is 5.41 Å². The quantitative estimate of drug-likeness (QED) is 0.492. The van der Waals surface area contributed by atoms with E-state index >= 15 is 0 Å². The molecule has 0 aromatic carbocycles. The van der Waals surface area contributed by atoms with Crippen molar-refractivity contribution < 1.29 is 0 Å². The molecule has 0 aromatic rings. The summed E-state index contributed by atoms with van der Waals surface area (Å²) in [7, 11) is 0. The molecule has 0 radical (unpaired) electrons. The summed E-state index contributed by atoms with van der Waals surface area (Å²) in [6, 6.07) is 0. The SMILES string of the molecule is C=C(CCCCNCC)C(C)(C)C. The molecule has 0 saturated heterocycles. The molecule has 0 atom stereocenters. The van der Waals surface area contributed by atoms with Crippen LogP contribution in [0.2, 0.25) is 0 Å². The Labute approximate surface area is 83.6 Å². The summed E-state index contributed by atoms with van der Waals surface area (Å²) < 4.78 is 0. The molecule has 0 fully saturated rings. The van der Waals surface area contributed by atoms with Crippen molar-refractivity contribution in [1.29, 1.82) is 0 Å². The third-order valence-corrected chi connectivity index (χ3v) is 2.39. The number of allylic oxidation sites excluding steroid dienone is 1. The summed E-state index contributed by atoms with van der Waals surface area (Å²) in [5, 5.41) is 3.33. The van der Waals surface area contributed by atoms with E-state index in [1.807, 2.05) is 0 Å². The normalized spacial score (nSPS) is 11.7. The number of unbranched alkanes of at least 4 members (excludes halogenated alkanes) is 1. The highest BCUT2D eigenvalue weighted by molar-refractivity contribution is 5.04. The summed E-state index contributed by atoms with van der Waals surface area (Å²) in [5.74, 6) is 0. The Morgan fingerprint density at radius 1 is 1.23 bits per heavy atom. The van der Waals surface area contributed by atoms with Crippen molar-refractivity contribution >= 4 is 0 Å². The Kier molecular flexibility index (Phi) is 6.06. The largest absolute Gasteiger partial charge is 0.317 e. The minimum Gasteiger partial charge on any atom is -0.317 e. The van der Waals surface area contributed by atoms with E-state index in [4.69, 9.17) is 0 Å². The molecule has 0 aliphatic heterocycles. The van der Waals surface area contributed by atoms with Crippen molar-refractivity contribution in [3.8, 4) is 0 Å². The zero-order valence-electron chi connectivity index (χ0n) is 9.74. The Morgan fingerprint density at radius 3 is 2.31 bits per heavy atom. The van der Waals surface area contributed by atoms with Crippen molar-refractivity contribution in [3.63, 3.8) is 0 Å². The summed E-state index contributed by atoms with van der Waals surface area (Å²) in [6.07, 6.45) is 3.71. The molecular formula is C12H25N. The number of rotatable bonds is 6. The first kappa shape index (κ1) is 12.7. The molecule has 0 saturated carbocycles. The fourth-order valence-electron chi connectivity index (χ4n) is 1.14. The van der Waals surface area contributed by atoms with Crippen LogP contribution < -0.4 is 5.32 Å². The highest BCUT2D eigenvalue weighted by Gasteiger charge is 2.13. The first-order chi connectivity index (χ1) is 5.98. The van der Waals surface area contributed by atoms with E-state index in [0.29, 0.717) is 0 Å². The van der Waals surface area contributed by atoms with Crippen LogP contribution in [0.4, 0.5) is 0 Å². The second-order valence-corrected chi connectivity index (χ2v) is 4.66. The van der Waals surface area contributed by atoms with Crippen LogP contribution in [-0.2, 0) is 0 Å². The minimum absolute atomic E-state index is 0.290. The summed E-state index contributed by atoms with van der Waals surface area (Å²) in [6.45, 7) is 15.2. The lowest BCUT2D eigenvalue weighted by molar-refractivity contribution is 0.474. The molecule has 1 N–H and O–H groups in total. The first-order valence-corrected chi connectivity index (χ1v) is 5.37. The van der Waals surface area contributed by atoms with Crippen LogP contribution in [0.25, 0.3) is 0 Å². The maximum Gasteiger partial charge on any atom is -0.00489 e. The van der Waals surface area contributed by atoms with E-state index in [-0.39, 0.29) is 5.41 Å². The van der Waals surface area contributed by atoms with Gasteiger partial charge in [-0.25, -0.2) is 0 Å². The zero-order valence-corrected chi connectivity index (χ0v) is 9.74.